The lowest BCUT2D eigenvalue weighted by Gasteiger charge is -2.10. The molecule has 0 aromatic heterocycles. The molecule has 0 amide bonds. The maximum atomic E-state index is 10.8. The Morgan fingerprint density at radius 1 is 1.60 bits per heavy atom. The molecule has 0 aliphatic carbocycles. The fraction of sp³-hybridized carbons (Fsp3) is 0.182. The van der Waals surface area contributed by atoms with E-state index in [-0.39, 0.29) is 11.6 Å². The zero-order valence-corrected chi connectivity index (χ0v) is 9.71. The molecule has 0 heterocycles. The molecule has 1 aromatic carbocycles. The summed E-state index contributed by atoms with van der Waals surface area (Å²) in [6, 6.07) is 4.72. The SMILES string of the molecule is C#CC(C)Nc1cc(Br)cc(C(=O)O)c1. The van der Waals surface area contributed by atoms with Gasteiger partial charge >= 0.3 is 5.97 Å². The Kier molecular flexibility index (Phi) is 3.75. The molecule has 3 nitrogen and oxygen atoms in total. The minimum absolute atomic E-state index is 0.138. The number of rotatable bonds is 3. The molecule has 0 saturated carbocycles. The summed E-state index contributed by atoms with van der Waals surface area (Å²) >= 11 is 3.24. The number of aromatic carboxylic acids is 1. The fourth-order valence-corrected chi connectivity index (χ4v) is 1.58. The Morgan fingerprint density at radius 2 is 2.27 bits per heavy atom. The predicted octanol–water partition coefficient (Wildman–Crippen LogP) is 2.58. The van der Waals surface area contributed by atoms with Gasteiger partial charge in [-0.15, -0.1) is 6.42 Å². The Labute approximate surface area is 96.6 Å². The first-order valence-electron chi connectivity index (χ1n) is 4.29. The second-order valence-corrected chi connectivity index (χ2v) is 3.98. The van der Waals surface area contributed by atoms with E-state index in [9.17, 15) is 4.79 Å². The zero-order chi connectivity index (χ0) is 11.4. The van der Waals surface area contributed by atoms with Crippen LogP contribution in [0.4, 0.5) is 5.69 Å². The molecule has 2 N–H and O–H groups in total. The first kappa shape index (κ1) is 11.6. The summed E-state index contributed by atoms with van der Waals surface area (Å²) in [5.74, 6) is 1.54. The number of benzene rings is 1. The molecule has 1 rings (SSSR count). The number of terminal acetylenes is 1. The van der Waals surface area contributed by atoms with Crippen LogP contribution in [0.2, 0.25) is 0 Å². The number of halogens is 1. The largest absolute Gasteiger partial charge is 0.478 e. The van der Waals surface area contributed by atoms with Crippen molar-refractivity contribution in [3.63, 3.8) is 0 Å². The highest BCUT2D eigenvalue weighted by atomic mass is 79.9. The van der Waals surface area contributed by atoms with Gasteiger partial charge in [-0.25, -0.2) is 4.79 Å². The molecule has 78 valence electrons. The lowest BCUT2D eigenvalue weighted by molar-refractivity contribution is 0.0697. The number of carboxylic acids is 1. The highest BCUT2D eigenvalue weighted by Crippen LogP contribution is 2.20. The second-order valence-electron chi connectivity index (χ2n) is 3.07. The van der Waals surface area contributed by atoms with Crippen molar-refractivity contribution in [2.45, 2.75) is 13.0 Å². The second kappa shape index (κ2) is 4.85. The molecule has 0 fully saturated rings. The average molecular weight is 268 g/mol. The average Bonchev–Trinajstić information content (AvgIpc) is 2.16. The molecule has 1 aromatic rings. The summed E-state index contributed by atoms with van der Waals surface area (Å²) in [6.07, 6.45) is 5.22. The van der Waals surface area contributed by atoms with Crippen molar-refractivity contribution in [3.8, 4) is 12.3 Å². The third kappa shape index (κ3) is 3.30. The van der Waals surface area contributed by atoms with E-state index in [1.54, 1.807) is 12.1 Å². The van der Waals surface area contributed by atoms with Crippen molar-refractivity contribution in [2.24, 2.45) is 0 Å². The Morgan fingerprint density at radius 3 is 2.80 bits per heavy atom. The van der Waals surface area contributed by atoms with Crippen molar-refractivity contribution in [1.82, 2.24) is 0 Å². The van der Waals surface area contributed by atoms with Gasteiger partial charge in [-0.1, -0.05) is 21.9 Å². The lowest BCUT2D eigenvalue weighted by Crippen LogP contribution is -2.12. The van der Waals surface area contributed by atoms with Crippen LogP contribution in [-0.4, -0.2) is 17.1 Å². The van der Waals surface area contributed by atoms with E-state index in [1.165, 1.54) is 6.07 Å². The molecule has 0 saturated heterocycles. The van der Waals surface area contributed by atoms with Crippen LogP contribution in [0.3, 0.4) is 0 Å². The number of carboxylic acid groups (broad SMARTS) is 1. The van der Waals surface area contributed by atoms with Crippen molar-refractivity contribution >= 4 is 27.6 Å². The van der Waals surface area contributed by atoms with Crippen molar-refractivity contribution in [3.05, 3.63) is 28.2 Å². The maximum absolute atomic E-state index is 10.8. The number of anilines is 1. The maximum Gasteiger partial charge on any atom is 0.335 e. The first-order valence-corrected chi connectivity index (χ1v) is 5.09. The summed E-state index contributed by atoms with van der Waals surface area (Å²) < 4.78 is 0.703. The summed E-state index contributed by atoms with van der Waals surface area (Å²) in [7, 11) is 0. The summed E-state index contributed by atoms with van der Waals surface area (Å²) in [4.78, 5) is 10.8. The highest BCUT2D eigenvalue weighted by molar-refractivity contribution is 9.10. The molecular formula is C11H10BrNO2. The van der Waals surface area contributed by atoms with Gasteiger partial charge in [0, 0.05) is 10.2 Å². The minimum Gasteiger partial charge on any atom is -0.478 e. The molecular weight excluding hydrogens is 258 g/mol. The number of nitrogens with one attached hydrogen (secondary N) is 1. The van der Waals surface area contributed by atoms with Gasteiger partial charge in [0.2, 0.25) is 0 Å². The molecule has 15 heavy (non-hydrogen) atoms. The van der Waals surface area contributed by atoms with Crippen molar-refractivity contribution in [2.75, 3.05) is 5.32 Å². The Bertz CT molecular complexity index is 423. The van der Waals surface area contributed by atoms with Crippen LogP contribution in [0.5, 0.6) is 0 Å². The van der Waals surface area contributed by atoms with Crippen molar-refractivity contribution < 1.29 is 9.90 Å². The Hall–Kier alpha value is -1.47. The third-order valence-electron chi connectivity index (χ3n) is 1.78. The first-order chi connectivity index (χ1) is 7.02. The van der Waals surface area contributed by atoms with Crippen LogP contribution in [0.15, 0.2) is 22.7 Å². The predicted molar refractivity (Wildman–Crippen MR) is 63.0 cm³/mol. The molecule has 0 spiro atoms. The molecule has 1 atom stereocenters. The third-order valence-corrected chi connectivity index (χ3v) is 2.24. The van der Waals surface area contributed by atoms with E-state index >= 15 is 0 Å². The highest BCUT2D eigenvalue weighted by Gasteiger charge is 2.06. The van der Waals surface area contributed by atoms with Crippen LogP contribution in [0.1, 0.15) is 17.3 Å². The van der Waals surface area contributed by atoms with E-state index in [2.05, 4.69) is 27.2 Å². The van der Waals surface area contributed by atoms with Gasteiger partial charge in [-0.3, -0.25) is 0 Å². The molecule has 0 aliphatic rings. The zero-order valence-electron chi connectivity index (χ0n) is 8.12. The van der Waals surface area contributed by atoms with E-state index in [1.807, 2.05) is 6.92 Å². The lowest BCUT2D eigenvalue weighted by atomic mass is 10.2. The number of carbonyl (C=O) groups is 1. The summed E-state index contributed by atoms with van der Waals surface area (Å²) in [6.45, 7) is 1.82. The molecule has 0 aliphatic heterocycles. The summed E-state index contributed by atoms with van der Waals surface area (Å²) in [5.41, 5.74) is 0.906. The van der Waals surface area contributed by atoms with Gasteiger partial charge in [0.25, 0.3) is 0 Å². The van der Waals surface area contributed by atoms with Gasteiger partial charge in [0.05, 0.1) is 11.6 Å². The van der Waals surface area contributed by atoms with Crippen LogP contribution in [0, 0.1) is 12.3 Å². The van der Waals surface area contributed by atoms with E-state index < -0.39 is 5.97 Å². The van der Waals surface area contributed by atoms with Gasteiger partial charge in [-0.2, -0.15) is 0 Å². The number of hydrogen-bond acceptors (Lipinski definition) is 2. The fourth-order valence-electron chi connectivity index (χ4n) is 1.09. The van der Waals surface area contributed by atoms with Gasteiger partial charge < -0.3 is 10.4 Å². The van der Waals surface area contributed by atoms with Crippen LogP contribution >= 0.6 is 15.9 Å². The molecule has 0 bridgehead atoms. The van der Waals surface area contributed by atoms with Crippen molar-refractivity contribution in [1.29, 1.82) is 0 Å². The van der Waals surface area contributed by atoms with E-state index in [0.29, 0.717) is 10.2 Å². The quantitative estimate of drug-likeness (QED) is 0.828. The van der Waals surface area contributed by atoms with Crippen LogP contribution < -0.4 is 5.32 Å². The van der Waals surface area contributed by atoms with Crippen LogP contribution in [0.25, 0.3) is 0 Å². The van der Waals surface area contributed by atoms with Gasteiger partial charge in [-0.05, 0) is 25.1 Å². The number of hydrogen-bond donors (Lipinski definition) is 2. The topological polar surface area (TPSA) is 49.3 Å². The molecule has 1 unspecified atom stereocenters. The molecule has 0 radical (unpaired) electrons. The van der Waals surface area contributed by atoms with Gasteiger partial charge in [0.15, 0.2) is 0 Å². The molecule has 4 heteroatoms. The van der Waals surface area contributed by atoms with Gasteiger partial charge in [0.1, 0.15) is 0 Å². The summed E-state index contributed by atoms with van der Waals surface area (Å²) in [5, 5.41) is 11.8. The van der Waals surface area contributed by atoms with Crippen LogP contribution in [-0.2, 0) is 0 Å². The smallest absolute Gasteiger partial charge is 0.335 e. The Balaban J connectivity index is 3.00. The monoisotopic (exact) mass is 267 g/mol. The van der Waals surface area contributed by atoms with E-state index in [0.717, 1.165) is 0 Å². The normalized spacial score (nSPS) is 11.5. The van der Waals surface area contributed by atoms with E-state index in [4.69, 9.17) is 11.5 Å². The minimum atomic E-state index is -0.965. The standard InChI is InChI=1S/C11H10BrNO2/c1-3-7(2)13-10-5-8(11(14)15)4-9(12)6-10/h1,4-7,13H,2H3,(H,14,15).